The van der Waals surface area contributed by atoms with E-state index < -0.39 is 11.5 Å². The van der Waals surface area contributed by atoms with Crippen molar-refractivity contribution in [2.24, 2.45) is 11.3 Å². The summed E-state index contributed by atoms with van der Waals surface area (Å²) >= 11 is 0. The summed E-state index contributed by atoms with van der Waals surface area (Å²) in [5, 5.41) is 16.1. The van der Waals surface area contributed by atoms with Gasteiger partial charge in [0.15, 0.2) is 5.54 Å². The van der Waals surface area contributed by atoms with Crippen LogP contribution in [0.5, 0.6) is 0 Å². The van der Waals surface area contributed by atoms with E-state index >= 15 is 0 Å². The quantitative estimate of drug-likeness (QED) is 0.872. The van der Waals surface area contributed by atoms with Crippen LogP contribution in [0.25, 0.3) is 0 Å². The molecule has 0 spiro atoms. The summed E-state index contributed by atoms with van der Waals surface area (Å²) in [6, 6.07) is 0. The third-order valence-electron chi connectivity index (χ3n) is 5.12. The van der Waals surface area contributed by atoms with Crippen LogP contribution in [0.2, 0.25) is 0 Å². The molecule has 1 heterocycles. The molecular formula is C17H27N3O3. The maximum atomic E-state index is 12.3. The van der Waals surface area contributed by atoms with E-state index in [1.165, 1.54) is 23.7 Å². The number of hydrogen-bond donors (Lipinski definition) is 2. The van der Waals surface area contributed by atoms with Crippen molar-refractivity contribution in [1.29, 1.82) is 0 Å². The van der Waals surface area contributed by atoms with E-state index in [1.54, 1.807) is 20.0 Å². The van der Waals surface area contributed by atoms with Crippen LogP contribution in [0.4, 0.5) is 5.69 Å². The summed E-state index contributed by atoms with van der Waals surface area (Å²) < 4.78 is 1.36. The van der Waals surface area contributed by atoms with Crippen LogP contribution >= 0.6 is 0 Å². The highest BCUT2D eigenvalue weighted by molar-refractivity contribution is 5.90. The minimum Gasteiger partial charge on any atom is -0.479 e. The molecular weight excluding hydrogens is 294 g/mol. The van der Waals surface area contributed by atoms with Crippen LogP contribution in [0.3, 0.4) is 0 Å². The Kier molecular flexibility index (Phi) is 4.82. The summed E-state index contributed by atoms with van der Waals surface area (Å²) in [7, 11) is 0. The summed E-state index contributed by atoms with van der Waals surface area (Å²) in [5.41, 5.74) is -0.405. The average molecular weight is 321 g/mol. The van der Waals surface area contributed by atoms with Crippen LogP contribution in [-0.4, -0.2) is 26.8 Å². The molecule has 1 unspecified atom stereocenters. The van der Waals surface area contributed by atoms with Crippen molar-refractivity contribution in [3.8, 4) is 0 Å². The molecule has 1 atom stereocenters. The predicted molar refractivity (Wildman–Crippen MR) is 88.2 cm³/mol. The summed E-state index contributed by atoms with van der Waals surface area (Å²) in [6.07, 6.45) is 8.24. The van der Waals surface area contributed by atoms with Crippen LogP contribution in [-0.2, 0) is 15.1 Å². The molecule has 0 aromatic carbocycles. The molecule has 1 aliphatic rings. The van der Waals surface area contributed by atoms with Gasteiger partial charge in [0, 0.05) is 12.6 Å². The van der Waals surface area contributed by atoms with E-state index in [1.807, 2.05) is 0 Å². The van der Waals surface area contributed by atoms with Gasteiger partial charge in [-0.05, 0) is 38.0 Å². The molecule has 6 heteroatoms. The molecule has 1 aliphatic carbocycles. The second-order valence-electron chi connectivity index (χ2n) is 7.72. The maximum absolute atomic E-state index is 12.3. The SMILES string of the molecule is CC1(C)CCCCC1CC(=O)Nc1cnn(C(C)(C)C(=O)O)c1. The van der Waals surface area contributed by atoms with Crippen molar-refractivity contribution in [2.45, 2.75) is 65.3 Å². The topological polar surface area (TPSA) is 84.2 Å². The predicted octanol–water partition coefficient (Wildman–Crippen LogP) is 3.25. The zero-order chi connectivity index (χ0) is 17.3. The lowest BCUT2D eigenvalue weighted by molar-refractivity contribution is -0.146. The lowest BCUT2D eigenvalue weighted by Crippen LogP contribution is -2.36. The third-order valence-corrected chi connectivity index (χ3v) is 5.12. The number of carbonyl (C=O) groups excluding carboxylic acids is 1. The van der Waals surface area contributed by atoms with Gasteiger partial charge in [0.1, 0.15) is 0 Å². The largest absolute Gasteiger partial charge is 0.479 e. The van der Waals surface area contributed by atoms with E-state index in [0.717, 1.165) is 12.8 Å². The molecule has 1 amide bonds. The highest BCUT2D eigenvalue weighted by Crippen LogP contribution is 2.42. The van der Waals surface area contributed by atoms with Crippen molar-refractivity contribution >= 4 is 17.6 Å². The zero-order valence-electron chi connectivity index (χ0n) is 14.4. The van der Waals surface area contributed by atoms with Gasteiger partial charge in [-0.15, -0.1) is 0 Å². The molecule has 0 saturated heterocycles. The number of nitrogens with zero attached hydrogens (tertiary/aromatic N) is 2. The van der Waals surface area contributed by atoms with Crippen LogP contribution in [0.15, 0.2) is 12.4 Å². The highest BCUT2D eigenvalue weighted by Gasteiger charge is 2.34. The Morgan fingerprint density at radius 3 is 2.74 bits per heavy atom. The first kappa shape index (κ1) is 17.5. The van der Waals surface area contributed by atoms with Gasteiger partial charge in [0.2, 0.25) is 5.91 Å². The Hall–Kier alpha value is -1.85. The Labute approximate surface area is 137 Å². The van der Waals surface area contributed by atoms with Gasteiger partial charge in [-0.1, -0.05) is 26.7 Å². The third kappa shape index (κ3) is 3.92. The number of nitrogens with one attached hydrogen (secondary N) is 1. The Bertz CT molecular complexity index is 590. The van der Waals surface area contributed by atoms with Gasteiger partial charge in [0.25, 0.3) is 0 Å². The second-order valence-corrected chi connectivity index (χ2v) is 7.72. The molecule has 1 aromatic heterocycles. The van der Waals surface area contributed by atoms with Gasteiger partial charge in [-0.3, -0.25) is 9.48 Å². The Balaban J connectivity index is 1.99. The van der Waals surface area contributed by atoms with Crippen molar-refractivity contribution in [1.82, 2.24) is 9.78 Å². The number of aliphatic carboxylic acids is 1. The smallest absolute Gasteiger partial charge is 0.331 e. The van der Waals surface area contributed by atoms with Gasteiger partial charge >= 0.3 is 5.97 Å². The fraction of sp³-hybridized carbons (Fsp3) is 0.706. The molecule has 2 rings (SSSR count). The number of aromatic nitrogens is 2. The van der Waals surface area contributed by atoms with Gasteiger partial charge in [-0.25, -0.2) is 4.79 Å². The van der Waals surface area contributed by atoms with Gasteiger partial charge < -0.3 is 10.4 Å². The highest BCUT2D eigenvalue weighted by atomic mass is 16.4. The normalized spacial score (nSPS) is 21.0. The molecule has 1 saturated carbocycles. The molecule has 0 bridgehead atoms. The van der Waals surface area contributed by atoms with Crippen LogP contribution in [0.1, 0.15) is 59.8 Å². The second kappa shape index (κ2) is 6.34. The molecule has 6 nitrogen and oxygen atoms in total. The lowest BCUT2D eigenvalue weighted by atomic mass is 9.67. The maximum Gasteiger partial charge on any atom is 0.331 e. The first-order chi connectivity index (χ1) is 10.6. The molecule has 1 fully saturated rings. The zero-order valence-corrected chi connectivity index (χ0v) is 14.4. The standard InChI is InChI=1S/C17H27N3O3/c1-16(2)8-6-5-7-12(16)9-14(21)19-13-10-18-20(11-13)17(3,4)15(22)23/h10-12H,5-9H2,1-4H3,(H,19,21)(H,22,23). The van der Waals surface area contributed by atoms with Crippen molar-refractivity contribution < 1.29 is 14.7 Å². The summed E-state index contributed by atoms with van der Waals surface area (Å²) in [5.74, 6) is -0.609. The number of carbonyl (C=O) groups is 2. The monoisotopic (exact) mass is 321 g/mol. The first-order valence-electron chi connectivity index (χ1n) is 8.21. The number of carboxylic acid groups (broad SMARTS) is 1. The fourth-order valence-corrected chi connectivity index (χ4v) is 3.17. The number of amides is 1. The van der Waals surface area contributed by atoms with E-state index in [2.05, 4.69) is 24.3 Å². The molecule has 1 aromatic rings. The number of anilines is 1. The van der Waals surface area contributed by atoms with Crippen LogP contribution in [0, 0.1) is 11.3 Å². The molecule has 128 valence electrons. The van der Waals surface area contributed by atoms with E-state index in [9.17, 15) is 14.7 Å². The molecule has 23 heavy (non-hydrogen) atoms. The van der Waals surface area contributed by atoms with Crippen molar-refractivity contribution in [2.75, 3.05) is 5.32 Å². The van der Waals surface area contributed by atoms with Gasteiger partial charge in [0.05, 0.1) is 11.9 Å². The molecule has 2 N–H and O–H groups in total. The van der Waals surface area contributed by atoms with Gasteiger partial charge in [-0.2, -0.15) is 5.10 Å². The summed E-state index contributed by atoms with van der Waals surface area (Å²) in [4.78, 5) is 23.5. The minimum atomic E-state index is -1.14. The first-order valence-corrected chi connectivity index (χ1v) is 8.21. The number of hydrogen-bond acceptors (Lipinski definition) is 3. The minimum absolute atomic E-state index is 0.0299. The van der Waals surface area contributed by atoms with E-state index in [-0.39, 0.29) is 11.3 Å². The Morgan fingerprint density at radius 1 is 1.43 bits per heavy atom. The number of rotatable bonds is 5. The number of carboxylic acids is 1. The van der Waals surface area contributed by atoms with E-state index in [0.29, 0.717) is 18.0 Å². The van der Waals surface area contributed by atoms with Crippen molar-refractivity contribution in [3.05, 3.63) is 12.4 Å². The van der Waals surface area contributed by atoms with Crippen LogP contribution < -0.4 is 5.32 Å². The Morgan fingerprint density at radius 2 is 2.13 bits per heavy atom. The molecule has 0 radical (unpaired) electrons. The summed E-state index contributed by atoms with van der Waals surface area (Å²) in [6.45, 7) is 7.60. The molecule has 0 aliphatic heterocycles. The lowest BCUT2D eigenvalue weighted by Gasteiger charge is -2.38. The van der Waals surface area contributed by atoms with E-state index in [4.69, 9.17) is 0 Å². The van der Waals surface area contributed by atoms with Crippen molar-refractivity contribution in [3.63, 3.8) is 0 Å². The average Bonchev–Trinajstić information content (AvgIpc) is 2.90. The fourth-order valence-electron chi connectivity index (χ4n) is 3.17.